The predicted molar refractivity (Wildman–Crippen MR) is 247 cm³/mol. The molecule has 0 aromatic heterocycles. The molecule has 68 heavy (non-hydrogen) atoms. The molecule has 0 aromatic rings. The molecule has 22 nitrogen and oxygen atoms in total. The summed E-state index contributed by atoms with van der Waals surface area (Å²) in [5.41, 5.74) is 0. The van der Waals surface area contributed by atoms with Gasteiger partial charge in [-0.1, -0.05) is 64.7 Å². The first-order valence-electron chi connectivity index (χ1n) is 24.7. The van der Waals surface area contributed by atoms with E-state index in [9.17, 15) is 40.9 Å². The van der Waals surface area contributed by atoms with E-state index >= 15 is 0 Å². The van der Waals surface area contributed by atoms with Crippen molar-refractivity contribution in [1.82, 2.24) is 4.90 Å². The fourth-order valence-electron chi connectivity index (χ4n) is 6.77. The topological polar surface area (TPSA) is 307 Å². The Balaban J connectivity index is 2.76. The smallest absolute Gasteiger partial charge is 0.105 e. The van der Waals surface area contributed by atoms with Crippen LogP contribution >= 0.6 is 0 Å². The van der Waals surface area contributed by atoms with Crippen LogP contribution < -0.4 is 0 Å². The molecule has 11 unspecified atom stereocenters. The van der Waals surface area contributed by atoms with Gasteiger partial charge in [0, 0.05) is 6.54 Å². The number of aliphatic hydroxyl groups excluding tert-OH is 10. The Labute approximate surface area is 404 Å². The van der Waals surface area contributed by atoms with Crippen molar-refractivity contribution >= 4 is 0 Å². The molecule has 1 fully saturated rings. The third kappa shape index (κ3) is 37.0. The van der Waals surface area contributed by atoms with Gasteiger partial charge in [0.1, 0.15) is 61.0 Å². The van der Waals surface area contributed by atoms with Crippen molar-refractivity contribution in [3.63, 3.8) is 0 Å². The number of hydrogen-bond donors (Lipinski definition) is 10. The minimum atomic E-state index is -1.13. The van der Waals surface area contributed by atoms with E-state index in [-0.39, 0.29) is 112 Å². The highest BCUT2D eigenvalue weighted by Crippen LogP contribution is 2.12. The third-order valence-electron chi connectivity index (χ3n) is 10.6. The van der Waals surface area contributed by atoms with Crippen molar-refractivity contribution in [3.05, 3.63) is 0 Å². The highest BCUT2D eigenvalue weighted by Gasteiger charge is 2.25. The maximum absolute atomic E-state index is 10.7. The van der Waals surface area contributed by atoms with Gasteiger partial charge in [0.05, 0.1) is 145 Å². The van der Waals surface area contributed by atoms with Crippen LogP contribution in [0.15, 0.2) is 0 Å². The van der Waals surface area contributed by atoms with E-state index in [1.807, 2.05) is 7.05 Å². The number of rotatable bonds is 50. The number of nitrogens with zero attached hydrogens (tertiary/aromatic N) is 1. The minimum absolute atomic E-state index is 0.0236. The fourth-order valence-corrected chi connectivity index (χ4v) is 6.77. The van der Waals surface area contributed by atoms with Crippen LogP contribution in [0.4, 0.5) is 0 Å². The number of hydrogen-bond acceptors (Lipinski definition) is 22. The van der Waals surface area contributed by atoms with Gasteiger partial charge in [-0.2, -0.15) is 0 Å². The maximum Gasteiger partial charge on any atom is 0.105 e. The van der Waals surface area contributed by atoms with Crippen molar-refractivity contribution in [2.45, 2.75) is 138 Å². The molecule has 0 radical (unpaired) electrons. The van der Waals surface area contributed by atoms with Crippen LogP contribution in [0.25, 0.3) is 0 Å². The summed E-state index contributed by atoms with van der Waals surface area (Å²) in [7, 11) is 1.97. The van der Waals surface area contributed by atoms with Crippen molar-refractivity contribution < 1.29 is 103 Å². The Morgan fingerprint density at radius 3 is 1.49 bits per heavy atom. The van der Waals surface area contributed by atoms with Crippen LogP contribution in [0, 0.1) is 0 Å². The lowest BCUT2D eigenvalue weighted by molar-refractivity contribution is -0.178. The van der Waals surface area contributed by atoms with Crippen LogP contribution in [0.5, 0.6) is 0 Å². The van der Waals surface area contributed by atoms with Crippen LogP contribution in [0.1, 0.15) is 71.1 Å². The third-order valence-corrected chi connectivity index (χ3v) is 10.6. The van der Waals surface area contributed by atoms with E-state index < -0.39 is 93.6 Å². The molecule has 11 atom stereocenters. The molecule has 0 bridgehead atoms. The summed E-state index contributed by atoms with van der Waals surface area (Å²) in [5.74, 6) is 0. The largest absolute Gasteiger partial charge is 0.394 e. The van der Waals surface area contributed by atoms with E-state index in [4.69, 9.17) is 62.3 Å². The molecule has 0 saturated carbocycles. The zero-order valence-corrected chi connectivity index (χ0v) is 41.1. The summed E-state index contributed by atoms with van der Waals surface area (Å²) in [6.07, 6.45) is 3.28. The molecular weight excluding hydrogens is 902 g/mol. The van der Waals surface area contributed by atoms with Gasteiger partial charge in [-0.05, 0) is 20.0 Å². The lowest BCUT2D eigenvalue weighted by Gasteiger charge is -2.29. The van der Waals surface area contributed by atoms with Gasteiger partial charge in [0.2, 0.25) is 0 Å². The molecule has 1 heterocycles. The van der Waals surface area contributed by atoms with Crippen LogP contribution in [-0.4, -0.2) is 282 Å². The number of aliphatic hydroxyl groups is 10. The van der Waals surface area contributed by atoms with Crippen LogP contribution in [0.2, 0.25) is 0 Å². The lowest BCUT2D eigenvalue weighted by Crippen LogP contribution is -2.42. The quantitative estimate of drug-likeness (QED) is 0.0295. The van der Waals surface area contributed by atoms with E-state index in [0.717, 1.165) is 19.4 Å². The Bertz CT molecular complexity index is 1080. The second-order valence-corrected chi connectivity index (χ2v) is 17.6. The van der Waals surface area contributed by atoms with E-state index in [2.05, 4.69) is 11.8 Å². The van der Waals surface area contributed by atoms with E-state index in [1.54, 1.807) is 0 Å². The fraction of sp³-hybridized carbons (Fsp3) is 1.00. The molecule has 22 heteroatoms. The summed E-state index contributed by atoms with van der Waals surface area (Å²) in [4.78, 5) is 2.08. The average Bonchev–Trinajstić information content (AvgIpc) is 3.33. The molecule has 0 aliphatic carbocycles. The van der Waals surface area contributed by atoms with Gasteiger partial charge in [-0.3, -0.25) is 0 Å². The monoisotopic (exact) mass is 996 g/mol. The Morgan fingerprint density at radius 1 is 0.456 bits per heavy atom. The normalized spacial score (nSPS) is 19.7. The lowest BCUT2D eigenvalue weighted by atomic mass is 10.1. The highest BCUT2D eigenvalue weighted by molar-refractivity contribution is 4.70. The molecule has 0 amide bonds. The van der Waals surface area contributed by atoms with Gasteiger partial charge in [-0.25, -0.2) is 0 Å². The maximum atomic E-state index is 10.7. The van der Waals surface area contributed by atoms with Crippen molar-refractivity contribution in [1.29, 1.82) is 0 Å². The second-order valence-electron chi connectivity index (χ2n) is 17.6. The van der Waals surface area contributed by atoms with Crippen LogP contribution in [-0.2, 0) is 52.1 Å². The van der Waals surface area contributed by atoms with Crippen LogP contribution in [0.3, 0.4) is 0 Å². The summed E-state index contributed by atoms with van der Waals surface area (Å²) in [6, 6.07) is 0. The Hall–Kier alpha value is -0.880. The molecular formula is C46H93NO21. The predicted octanol–water partition coefficient (Wildman–Crippen LogP) is -1.99. The summed E-state index contributed by atoms with van der Waals surface area (Å²) in [6.45, 7) is 0.536. The molecule has 0 aromatic carbocycles. The number of likely N-dealkylation sites (N-methyl/N-ethyl adjacent to an activating group) is 1. The Kier molecular flexibility index (Phi) is 42.9. The summed E-state index contributed by atoms with van der Waals surface area (Å²) >= 11 is 0. The second kappa shape index (κ2) is 44.8. The van der Waals surface area contributed by atoms with Crippen molar-refractivity contribution in [2.24, 2.45) is 0 Å². The van der Waals surface area contributed by atoms with Gasteiger partial charge in [0.15, 0.2) is 0 Å². The highest BCUT2D eigenvalue weighted by atomic mass is 16.6. The van der Waals surface area contributed by atoms with Gasteiger partial charge < -0.3 is 108 Å². The zero-order chi connectivity index (χ0) is 50.0. The molecule has 0 spiro atoms. The van der Waals surface area contributed by atoms with Gasteiger partial charge in [0.25, 0.3) is 0 Å². The first kappa shape index (κ1) is 65.1. The van der Waals surface area contributed by atoms with E-state index in [0.29, 0.717) is 6.54 Å². The number of unbranched alkanes of at least 4 members (excludes halogenated alkanes) is 9. The summed E-state index contributed by atoms with van der Waals surface area (Å²) in [5, 5.41) is 98.1. The SMILES string of the molecule is CCCCCCCCCCCCN(C)CC(O)COCC(O)COC(COCC(CO)OCC(O)CO)COCC(COCC(O)COCC(O)CO)OC(CO)COCC1COCC(CO)O1. The summed E-state index contributed by atoms with van der Waals surface area (Å²) < 4.78 is 62.7. The molecule has 1 rings (SSSR count). The molecule has 1 saturated heterocycles. The van der Waals surface area contributed by atoms with Crippen molar-refractivity contribution in [2.75, 3.05) is 159 Å². The minimum Gasteiger partial charge on any atom is -0.394 e. The Morgan fingerprint density at radius 2 is 0.897 bits per heavy atom. The first-order chi connectivity index (χ1) is 33.0. The molecule has 408 valence electrons. The van der Waals surface area contributed by atoms with Crippen molar-refractivity contribution in [3.8, 4) is 0 Å². The number of ether oxygens (including phenoxy) is 11. The molecule has 10 N–H and O–H groups in total. The zero-order valence-electron chi connectivity index (χ0n) is 41.1. The van der Waals surface area contributed by atoms with E-state index in [1.165, 1.54) is 51.4 Å². The average molecular weight is 996 g/mol. The molecule has 1 aliphatic rings. The van der Waals surface area contributed by atoms with Gasteiger partial charge in [-0.15, -0.1) is 0 Å². The first-order valence-corrected chi connectivity index (χ1v) is 24.7. The molecule has 1 aliphatic heterocycles. The van der Waals surface area contributed by atoms with Gasteiger partial charge >= 0.3 is 0 Å². The standard InChI is InChI=1S/C46H93NO21/c1-3-4-5-6-7-8-9-10-11-12-13-47(2)14-36(53)20-58-24-40(57)26-66-44(30-61-27-41(17-50)65-25-38(55)16-49)31-64-35-45(32-60-23-39(56)22-59-21-37(54)15-48)67-42(18-51)28-62-33-46-34-63-29-43(19-52)68-46/h36-46,48-57H,3-35H2,1-2H3.